The Labute approximate surface area is 145 Å². The maximum Gasteiger partial charge on any atom is 0.260 e. The number of methoxy groups -OCH3 is 2. The van der Waals surface area contributed by atoms with E-state index < -0.39 is 0 Å². The fourth-order valence-electron chi connectivity index (χ4n) is 2.09. The minimum Gasteiger partial charge on any atom is -0.497 e. The summed E-state index contributed by atoms with van der Waals surface area (Å²) in [6.45, 7) is 0. The minimum absolute atomic E-state index is 0.0554. The number of hydrogen-bond donors (Lipinski definition) is 1. The zero-order valence-electron chi connectivity index (χ0n) is 13.8. The Morgan fingerprint density at radius 1 is 1.08 bits per heavy atom. The first-order chi connectivity index (χ1) is 12.1. The van der Waals surface area contributed by atoms with Crippen molar-refractivity contribution in [2.24, 2.45) is 0 Å². The van der Waals surface area contributed by atoms with E-state index in [1.807, 2.05) is 11.9 Å². The Morgan fingerprint density at radius 3 is 2.12 bits per heavy atom. The molecule has 2 aromatic rings. The van der Waals surface area contributed by atoms with E-state index >= 15 is 0 Å². The van der Waals surface area contributed by atoms with Gasteiger partial charge in [-0.25, -0.2) is 0 Å². The van der Waals surface area contributed by atoms with Crippen molar-refractivity contribution in [1.82, 2.24) is 0 Å². The molecule has 25 heavy (non-hydrogen) atoms. The summed E-state index contributed by atoms with van der Waals surface area (Å²) < 4.78 is 11.8. The molecule has 0 unspecified atom stereocenters. The second kappa shape index (κ2) is 8.25. The van der Waals surface area contributed by atoms with Crippen LogP contribution in [0.3, 0.4) is 0 Å². The van der Waals surface area contributed by atoms with Gasteiger partial charge in [0.1, 0.15) is 23.1 Å². The van der Waals surface area contributed by atoms with Crippen LogP contribution in [0.5, 0.6) is 11.5 Å². The molecule has 0 amide bonds. The SMILES string of the molecule is COc1ccc(C(=O)C(=CC(=C=N)C#N)[n+]2ccc(OC)cc2)cc1. The van der Waals surface area contributed by atoms with Gasteiger partial charge in [-0.3, -0.25) is 10.2 Å². The van der Waals surface area contributed by atoms with Crippen LogP contribution in [0, 0.1) is 16.7 Å². The highest BCUT2D eigenvalue weighted by molar-refractivity contribution is 6.22. The molecule has 0 aliphatic carbocycles. The van der Waals surface area contributed by atoms with Crippen molar-refractivity contribution in [3.05, 3.63) is 66.0 Å². The van der Waals surface area contributed by atoms with Crippen LogP contribution in [-0.4, -0.2) is 25.9 Å². The molecule has 0 spiro atoms. The fourth-order valence-corrected chi connectivity index (χ4v) is 2.09. The van der Waals surface area contributed by atoms with Gasteiger partial charge in [0.2, 0.25) is 0 Å². The second-order valence-corrected chi connectivity index (χ2v) is 4.88. The van der Waals surface area contributed by atoms with Crippen molar-refractivity contribution < 1.29 is 18.8 Å². The lowest BCUT2D eigenvalue weighted by Crippen LogP contribution is -2.35. The molecule has 1 aromatic carbocycles. The Hall–Kier alpha value is -3.68. The summed E-state index contributed by atoms with van der Waals surface area (Å²) in [5.74, 6) is 2.98. The Balaban J connectivity index is 2.51. The number of nitriles is 1. The average Bonchev–Trinajstić information content (AvgIpc) is 2.69. The van der Waals surface area contributed by atoms with Crippen LogP contribution in [-0.2, 0) is 0 Å². The van der Waals surface area contributed by atoms with E-state index in [0.29, 0.717) is 17.1 Å². The lowest BCUT2D eigenvalue weighted by molar-refractivity contribution is -0.576. The highest BCUT2D eigenvalue weighted by Gasteiger charge is 2.22. The topological polar surface area (TPSA) is 87.0 Å². The number of rotatable bonds is 6. The predicted molar refractivity (Wildman–Crippen MR) is 91.6 cm³/mol. The smallest absolute Gasteiger partial charge is 0.260 e. The van der Waals surface area contributed by atoms with Crippen molar-refractivity contribution in [2.45, 2.75) is 0 Å². The molecule has 0 atom stereocenters. The summed E-state index contributed by atoms with van der Waals surface area (Å²) in [6, 6.07) is 11.8. The second-order valence-electron chi connectivity index (χ2n) is 4.88. The maximum absolute atomic E-state index is 12.9. The third-order valence-corrected chi connectivity index (χ3v) is 3.43. The minimum atomic E-state index is -0.305. The molecule has 124 valence electrons. The highest BCUT2D eigenvalue weighted by Crippen LogP contribution is 2.16. The van der Waals surface area contributed by atoms with Gasteiger partial charge in [0, 0.05) is 23.8 Å². The summed E-state index contributed by atoms with van der Waals surface area (Å²) in [5.41, 5.74) is 0.585. The van der Waals surface area contributed by atoms with Gasteiger partial charge in [0.05, 0.1) is 14.2 Å². The number of carbonyl (C=O) groups is 1. The molecule has 0 fully saturated rings. The number of aromatic nitrogens is 1. The first-order valence-electron chi connectivity index (χ1n) is 7.29. The molecule has 1 heterocycles. The Kier molecular flexibility index (Phi) is 5.83. The van der Waals surface area contributed by atoms with Crippen molar-refractivity contribution >= 4 is 17.4 Å². The van der Waals surface area contributed by atoms with Crippen LogP contribution in [0.4, 0.5) is 0 Å². The zero-order valence-corrected chi connectivity index (χ0v) is 13.8. The van der Waals surface area contributed by atoms with Gasteiger partial charge in [0.15, 0.2) is 12.4 Å². The van der Waals surface area contributed by atoms with E-state index in [4.69, 9.17) is 20.1 Å². The standard InChI is InChI=1S/C19H16N3O3/c1-24-16-5-3-15(4-6-16)19(23)18(11-14(12-20)13-21)22-9-7-17(25-2)8-10-22/h3-11,20H,1-2H3/q+1. The van der Waals surface area contributed by atoms with Crippen LogP contribution >= 0.6 is 0 Å². The molecular formula is C19H16N3O3+. The van der Waals surface area contributed by atoms with Crippen molar-refractivity contribution in [3.63, 3.8) is 0 Å². The van der Waals surface area contributed by atoms with Crippen LogP contribution in [0.2, 0.25) is 0 Å². The van der Waals surface area contributed by atoms with Gasteiger partial charge in [-0.15, -0.1) is 0 Å². The number of carbonyl (C=O) groups excluding carboxylic acids is 1. The molecule has 1 N–H and O–H groups in total. The summed E-state index contributed by atoms with van der Waals surface area (Å²) in [7, 11) is 3.09. The molecule has 0 aliphatic rings. The number of hydrogen-bond acceptors (Lipinski definition) is 5. The molecule has 6 nitrogen and oxygen atoms in total. The predicted octanol–water partition coefficient (Wildman–Crippen LogP) is 2.41. The first kappa shape index (κ1) is 17.7. The lowest BCUT2D eigenvalue weighted by atomic mass is 10.1. The summed E-state index contributed by atoms with van der Waals surface area (Å²) in [4.78, 5) is 12.9. The molecule has 0 radical (unpaired) electrons. The Bertz CT molecular complexity index is 885. The molecule has 0 bridgehead atoms. The van der Waals surface area contributed by atoms with Gasteiger partial charge in [0.25, 0.3) is 11.5 Å². The van der Waals surface area contributed by atoms with Crippen LogP contribution in [0.15, 0.2) is 60.4 Å². The number of allylic oxidation sites excluding steroid dienone is 3. The van der Waals surface area contributed by atoms with Gasteiger partial charge >= 0.3 is 0 Å². The third-order valence-electron chi connectivity index (χ3n) is 3.43. The van der Waals surface area contributed by atoms with Crippen molar-refractivity contribution in [1.29, 1.82) is 10.7 Å². The number of nitrogens with zero attached hydrogens (tertiary/aromatic N) is 2. The van der Waals surface area contributed by atoms with Crippen LogP contribution in [0.1, 0.15) is 10.4 Å². The molecule has 1 aromatic heterocycles. The molecule has 0 aliphatic heterocycles. The summed E-state index contributed by atoms with van der Waals surface area (Å²) in [6.07, 6.45) is 4.61. The monoisotopic (exact) mass is 334 g/mol. The lowest BCUT2D eigenvalue weighted by Gasteiger charge is -2.04. The largest absolute Gasteiger partial charge is 0.497 e. The quantitative estimate of drug-likeness (QED) is 0.219. The van der Waals surface area contributed by atoms with E-state index in [-0.39, 0.29) is 17.1 Å². The Morgan fingerprint density at radius 2 is 1.64 bits per heavy atom. The summed E-state index contributed by atoms with van der Waals surface area (Å²) in [5, 5.41) is 16.2. The molecule has 2 rings (SSSR count). The summed E-state index contributed by atoms with van der Waals surface area (Å²) >= 11 is 0. The maximum atomic E-state index is 12.9. The first-order valence-corrected chi connectivity index (χ1v) is 7.29. The zero-order chi connectivity index (χ0) is 18.2. The van der Waals surface area contributed by atoms with E-state index in [2.05, 4.69) is 0 Å². The fraction of sp³-hybridized carbons (Fsp3) is 0.105. The highest BCUT2D eigenvalue weighted by atomic mass is 16.5. The van der Waals surface area contributed by atoms with Gasteiger partial charge in [-0.2, -0.15) is 9.83 Å². The average molecular weight is 334 g/mol. The third kappa shape index (κ3) is 4.20. The number of nitrogens with one attached hydrogen (secondary N) is 1. The number of Topliss-reactive ketones (excluding diaryl/α,β-unsaturated/α-hetero) is 1. The molecule has 6 heteroatoms. The van der Waals surface area contributed by atoms with Gasteiger partial charge < -0.3 is 9.47 Å². The van der Waals surface area contributed by atoms with Crippen LogP contribution in [0.25, 0.3) is 5.70 Å². The van der Waals surface area contributed by atoms with Gasteiger partial charge in [-0.05, 0) is 30.1 Å². The van der Waals surface area contributed by atoms with Crippen molar-refractivity contribution in [3.8, 4) is 17.6 Å². The van der Waals surface area contributed by atoms with E-state index in [1.54, 1.807) is 67.6 Å². The number of pyridine rings is 1. The van der Waals surface area contributed by atoms with E-state index in [9.17, 15) is 4.79 Å². The van der Waals surface area contributed by atoms with E-state index in [1.165, 1.54) is 6.08 Å². The molecule has 0 saturated carbocycles. The number of ether oxygens (including phenoxy) is 2. The van der Waals surface area contributed by atoms with Gasteiger partial charge in [-0.1, -0.05) is 0 Å². The molecular weight excluding hydrogens is 318 g/mol. The van der Waals surface area contributed by atoms with Crippen LogP contribution < -0.4 is 14.0 Å². The van der Waals surface area contributed by atoms with Crippen molar-refractivity contribution in [2.75, 3.05) is 14.2 Å². The number of benzene rings is 1. The molecule has 0 saturated heterocycles. The number of ketones is 1. The normalized spacial score (nSPS) is 10.4. The van der Waals surface area contributed by atoms with E-state index in [0.717, 1.165) is 0 Å².